The molecule has 1 atom stereocenters. The average molecular weight is 344 g/mol. The number of halogens is 1. The van der Waals surface area contributed by atoms with Gasteiger partial charge in [-0.3, -0.25) is 4.79 Å². The molecular weight excluding hydrogens is 326 g/mol. The number of carboxylic acid groups (broad SMARTS) is 1. The Balaban J connectivity index is 1.96. The lowest BCUT2D eigenvalue weighted by Crippen LogP contribution is -2.34. The predicted octanol–water partition coefficient (Wildman–Crippen LogP) is 3.26. The smallest absolute Gasteiger partial charge is 0.305 e. The van der Waals surface area contributed by atoms with E-state index in [0.29, 0.717) is 29.4 Å². The SMILES string of the molecule is N#Cc1ccc(N[C@H](CNCc2ccccc2)CC(=O)O)cc1Cl. The molecule has 0 saturated carbocycles. The molecule has 2 aromatic rings. The first-order chi connectivity index (χ1) is 11.6. The molecule has 3 N–H and O–H groups in total. The molecule has 124 valence electrons. The Hall–Kier alpha value is -2.55. The summed E-state index contributed by atoms with van der Waals surface area (Å²) in [6.45, 7) is 1.14. The van der Waals surface area contributed by atoms with Crippen LogP contribution in [0.3, 0.4) is 0 Å². The van der Waals surface area contributed by atoms with E-state index in [9.17, 15) is 4.79 Å². The lowest BCUT2D eigenvalue weighted by molar-refractivity contribution is -0.137. The van der Waals surface area contributed by atoms with Gasteiger partial charge in [-0.1, -0.05) is 41.9 Å². The quantitative estimate of drug-likeness (QED) is 0.685. The summed E-state index contributed by atoms with van der Waals surface area (Å²) in [5, 5.41) is 24.7. The Morgan fingerprint density at radius 2 is 2.00 bits per heavy atom. The molecule has 0 spiro atoms. The Bertz CT molecular complexity index is 729. The number of carbonyl (C=O) groups is 1. The zero-order valence-electron chi connectivity index (χ0n) is 13.0. The highest BCUT2D eigenvalue weighted by atomic mass is 35.5. The molecule has 0 unspecified atom stereocenters. The van der Waals surface area contributed by atoms with Crippen LogP contribution in [0.1, 0.15) is 17.5 Å². The summed E-state index contributed by atoms with van der Waals surface area (Å²) in [4.78, 5) is 11.1. The van der Waals surface area contributed by atoms with E-state index in [-0.39, 0.29) is 12.5 Å². The van der Waals surface area contributed by atoms with Crippen LogP contribution in [-0.2, 0) is 11.3 Å². The highest BCUT2D eigenvalue weighted by Gasteiger charge is 2.13. The van der Waals surface area contributed by atoms with Crippen molar-refractivity contribution in [2.45, 2.75) is 19.0 Å². The van der Waals surface area contributed by atoms with E-state index in [1.807, 2.05) is 36.4 Å². The molecule has 2 rings (SSSR count). The van der Waals surface area contributed by atoms with Crippen molar-refractivity contribution >= 4 is 23.3 Å². The van der Waals surface area contributed by atoms with Gasteiger partial charge in [-0.05, 0) is 23.8 Å². The lowest BCUT2D eigenvalue weighted by Gasteiger charge is -2.19. The molecule has 6 heteroatoms. The van der Waals surface area contributed by atoms with Gasteiger partial charge in [0.1, 0.15) is 6.07 Å². The minimum atomic E-state index is -0.881. The molecule has 0 saturated heterocycles. The second-order valence-electron chi connectivity index (χ2n) is 5.36. The van der Waals surface area contributed by atoms with Gasteiger partial charge in [0.05, 0.1) is 17.0 Å². The number of carboxylic acids is 1. The fourth-order valence-electron chi connectivity index (χ4n) is 2.30. The number of rotatable bonds is 8. The topological polar surface area (TPSA) is 85.2 Å². The Morgan fingerprint density at radius 1 is 1.25 bits per heavy atom. The summed E-state index contributed by atoms with van der Waals surface area (Å²) in [5.74, 6) is -0.881. The molecule has 2 aromatic carbocycles. The van der Waals surface area contributed by atoms with Gasteiger partial charge < -0.3 is 15.7 Å². The van der Waals surface area contributed by atoms with Crippen molar-refractivity contribution in [2.75, 3.05) is 11.9 Å². The largest absolute Gasteiger partial charge is 0.481 e. The average Bonchev–Trinajstić information content (AvgIpc) is 2.55. The van der Waals surface area contributed by atoms with Gasteiger partial charge in [-0.25, -0.2) is 0 Å². The van der Waals surface area contributed by atoms with E-state index in [0.717, 1.165) is 5.56 Å². The van der Waals surface area contributed by atoms with Gasteiger partial charge in [-0.2, -0.15) is 5.26 Å². The van der Waals surface area contributed by atoms with Gasteiger partial charge in [0.2, 0.25) is 0 Å². The van der Waals surface area contributed by atoms with E-state index in [1.54, 1.807) is 18.2 Å². The maximum absolute atomic E-state index is 11.1. The first-order valence-corrected chi connectivity index (χ1v) is 7.89. The zero-order valence-corrected chi connectivity index (χ0v) is 13.8. The third-order valence-electron chi connectivity index (χ3n) is 3.44. The molecule has 0 amide bonds. The van der Waals surface area contributed by atoms with E-state index >= 15 is 0 Å². The number of hydrogen-bond acceptors (Lipinski definition) is 4. The molecular formula is C18H18ClN3O2. The van der Waals surface area contributed by atoms with Crippen molar-refractivity contribution in [1.29, 1.82) is 5.26 Å². The van der Waals surface area contributed by atoms with Gasteiger partial charge >= 0.3 is 5.97 Å². The molecule has 0 aliphatic carbocycles. The van der Waals surface area contributed by atoms with Crippen LogP contribution in [0, 0.1) is 11.3 Å². The predicted molar refractivity (Wildman–Crippen MR) is 94.0 cm³/mol. The molecule has 0 bridgehead atoms. The number of nitrogens with zero attached hydrogens (tertiary/aromatic N) is 1. The van der Waals surface area contributed by atoms with Crippen LogP contribution >= 0.6 is 11.6 Å². The van der Waals surface area contributed by atoms with Gasteiger partial charge in [-0.15, -0.1) is 0 Å². The summed E-state index contributed by atoms with van der Waals surface area (Å²) in [5.41, 5.74) is 2.21. The van der Waals surface area contributed by atoms with Crippen LogP contribution in [0.15, 0.2) is 48.5 Å². The third-order valence-corrected chi connectivity index (χ3v) is 3.76. The highest BCUT2D eigenvalue weighted by molar-refractivity contribution is 6.32. The molecule has 0 fully saturated rings. The van der Waals surface area contributed by atoms with Gasteiger partial charge in [0.15, 0.2) is 0 Å². The number of aliphatic carboxylic acids is 1. The number of nitriles is 1. The van der Waals surface area contributed by atoms with E-state index in [1.165, 1.54) is 0 Å². The van der Waals surface area contributed by atoms with Crippen molar-refractivity contribution in [3.05, 3.63) is 64.7 Å². The second-order valence-corrected chi connectivity index (χ2v) is 5.77. The van der Waals surface area contributed by atoms with Crippen molar-refractivity contribution in [3.8, 4) is 6.07 Å². The first-order valence-electron chi connectivity index (χ1n) is 7.51. The minimum absolute atomic E-state index is 0.0284. The van der Waals surface area contributed by atoms with E-state index in [2.05, 4.69) is 10.6 Å². The minimum Gasteiger partial charge on any atom is -0.481 e. The summed E-state index contributed by atoms with van der Waals surface area (Å²) in [7, 11) is 0. The standard InChI is InChI=1S/C18H18ClN3O2/c19-17-8-15(7-6-14(17)10-20)22-16(9-18(23)24)12-21-11-13-4-2-1-3-5-13/h1-8,16,21-22H,9,11-12H2,(H,23,24)/t16-/m0/s1. The fraction of sp³-hybridized carbons (Fsp3) is 0.222. The fourth-order valence-corrected chi connectivity index (χ4v) is 2.53. The molecule has 5 nitrogen and oxygen atoms in total. The molecule has 0 aliphatic rings. The highest BCUT2D eigenvalue weighted by Crippen LogP contribution is 2.21. The number of hydrogen-bond donors (Lipinski definition) is 3. The number of benzene rings is 2. The van der Waals surface area contributed by atoms with Crippen LogP contribution in [0.2, 0.25) is 5.02 Å². The number of anilines is 1. The van der Waals surface area contributed by atoms with Crippen LogP contribution in [0.5, 0.6) is 0 Å². The Labute approximate surface area is 145 Å². The lowest BCUT2D eigenvalue weighted by atomic mass is 10.1. The van der Waals surface area contributed by atoms with Crippen LogP contribution in [-0.4, -0.2) is 23.7 Å². The number of nitrogens with one attached hydrogen (secondary N) is 2. The second kappa shape index (κ2) is 8.92. The van der Waals surface area contributed by atoms with E-state index in [4.69, 9.17) is 22.0 Å². The summed E-state index contributed by atoms with van der Waals surface area (Å²) in [6, 6.07) is 16.5. The van der Waals surface area contributed by atoms with Crippen molar-refractivity contribution in [3.63, 3.8) is 0 Å². The molecule has 0 heterocycles. The Morgan fingerprint density at radius 3 is 2.62 bits per heavy atom. The normalized spacial score (nSPS) is 11.5. The molecule has 0 radical (unpaired) electrons. The van der Waals surface area contributed by atoms with Crippen LogP contribution in [0.4, 0.5) is 5.69 Å². The first kappa shape index (κ1) is 17.8. The maximum Gasteiger partial charge on any atom is 0.305 e. The summed E-state index contributed by atoms with van der Waals surface area (Å²) in [6.07, 6.45) is -0.0284. The third kappa shape index (κ3) is 5.58. The van der Waals surface area contributed by atoms with Gasteiger partial charge in [0.25, 0.3) is 0 Å². The van der Waals surface area contributed by atoms with Crippen LogP contribution in [0.25, 0.3) is 0 Å². The Kier molecular flexibility index (Phi) is 6.62. The van der Waals surface area contributed by atoms with Gasteiger partial charge in [0, 0.05) is 24.8 Å². The summed E-state index contributed by atoms with van der Waals surface area (Å²) < 4.78 is 0. The molecule has 0 aromatic heterocycles. The molecule has 24 heavy (non-hydrogen) atoms. The molecule has 0 aliphatic heterocycles. The monoisotopic (exact) mass is 343 g/mol. The van der Waals surface area contributed by atoms with E-state index < -0.39 is 5.97 Å². The van der Waals surface area contributed by atoms with Crippen molar-refractivity contribution < 1.29 is 9.90 Å². The van der Waals surface area contributed by atoms with Crippen molar-refractivity contribution in [1.82, 2.24) is 5.32 Å². The summed E-state index contributed by atoms with van der Waals surface area (Å²) >= 11 is 6.01. The van der Waals surface area contributed by atoms with Crippen LogP contribution < -0.4 is 10.6 Å². The zero-order chi connectivity index (χ0) is 17.4. The maximum atomic E-state index is 11.1. The van der Waals surface area contributed by atoms with Crippen molar-refractivity contribution in [2.24, 2.45) is 0 Å².